The minimum atomic E-state index is 0.200. The first-order valence-corrected chi connectivity index (χ1v) is 7.11. The van der Waals surface area contributed by atoms with Crippen LogP contribution in [-0.2, 0) is 4.74 Å². The summed E-state index contributed by atoms with van der Waals surface area (Å²) in [7, 11) is 0. The van der Waals surface area contributed by atoms with E-state index in [0.29, 0.717) is 6.10 Å². The van der Waals surface area contributed by atoms with Crippen molar-refractivity contribution in [3.05, 3.63) is 0 Å². The maximum atomic E-state index is 6.25. The first kappa shape index (κ1) is 11.0. The van der Waals surface area contributed by atoms with Gasteiger partial charge in [0.1, 0.15) is 0 Å². The van der Waals surface area contributed by atoms with Crippen molar-refractivity contribution in [3.8, 4) is 0 Å². The Balaban J connectivity index is 1.64. The zero-order valence-corrected chi connectivity index (χ0v) is 10.6. The lowest BCUT2D eigenvalue weighted by molar-refractivity contribution is -0.141. The zero-order valence-electron chi connectivity index (χ0n) is 10.6. The SMILES string of the molecule is CC1CNCC2(CCC3(CCCC3)CC2)O1. The van der Waals surface area contributed by atoms with Gasteiger partial charge in [-0.2, -0.15) is 0 Å². The number of ether oxygens (including phenoxy) is 1. The highest BCUT2D eigenvalue weighted by atomic mass is 16.5. The molecule has 16 heavy (non-hydrogen) atoms. The number of rotatable bonds is 0. The predicted octanol–water partition coefficient (Wildman–Crippen LogP) is 2.87. The summed E-state index contributed by atoms with van der Waals surface area (Å²) in [5.41, 5.74) is 0.931. The van der Waals surface area contributed by atoms with Crippen LogP contribution in [0.2, 0.25) is 0 Å². The summed E-state index contributed by atoms with van der Waals surface area (Å²) >= 11 is 0. The lowest BCUT2D eigenvalue weighted by atomic mass is 9.67. The molecule has 1 heterocycles. The van der Waals surface area contributed by atoms with Crippen molar-refractivity contribution < 1.29 is 4.74 Å². The van der Waals surface area contributed by atoms with Gasteiger partial charge in [-0.3, -0.25) is 0 Å². The highest BCUT2D eigenvalue weighted by Crippen LogP contribution is 2.52. The number of nitrogens with one attached hydrogen (secondary N) is 1. The Morgan fingerprint density at radius 1 is 1.00 bits per heavy atom. The molecule has 1 saturated heterocycles. The summed E-state index contributed by atoms with van der Waals surface area (Å²) in [5.74, 6) is 0. The highest BCUT2D eigenvalue weighted by Gasteiger charge is 2.45. The molecule has 0 aromatic rings. The Labute approximate surface area is 99.1 Å². The molecule has 2 heteroatoms. The van der Waals surface area contributed by atoms with Gasteiger partial charge in [-0.1, -0.05) is 12.8 Å². The van der Waals surface area contributed by atoms with Crippen LogP contribution in [0.5, 0.6) is 0 Å². The van der Waals surface area contributed by atoms with E-state index in [1.165, 1.54) is 51.4 Å². The van der Waals surface area contributed by atoms with Crippen molar-refractivity contribution in [1.29, 1.82) is 0 Å². The van der Waals surface area contributed by atoms with Crippen LogP contribution in [0.15, 0.2) is 0 Å². The highest BCUT2D eigenvalue weighted by molar-refractivity contribution is 4.98. The van der Waals surface area contributed by atoms with Crippen LogP contribution in [-0.4, -0.2) is 24.8 Å². The second-order valence-corrected chi connectivity index (χ2v) is 6.45. The molecule has 1 atom stereocenters. The molecule has 0 amide bonds. The number of hydrogen-bond donors (Lipinski definition) is 1. The molecule has 0 radical (unpaired) electrons. The molecule has 3 aliphatic rings. The summed E-state index contributed by atoms with van der Waals surface area (Å²) in [5, 5.41) is 3.55. The molecule has 2 saturated carbocycles. The lowest BCUT2D eigenvalue weighted by Crippen LogP contribution is -2.55. The first-order valence-electron chi connectivity index (χ1n) is 7.11. The van der Waals surface area contributed by atoms with Crippen LogP contribution in [0.1, 0.15) is 58.3 Å². The van der Waals surface area contributed by atoms with Crippen LogP contribution in [0.3, 0.4) is 0 Å². The Morgan fingerprint density at radius 3 is 2.31 bits per heavy atom. The molecule has 1 unspecified atom stereocenters. The predicted molar refractivity (Wildman–Crippen MR) is 65.5 cm³/mol. The maximum Gasteiger partial charge on any atom is 0.0811 e. The van der Waals surface area contributed by atoms with Crippen LogP contribution >= 0.6 is 0 Å². The Morgan fingerprint density at radius 2 is 1.69 bits per heavy atom. The fraction of sp³-hybridized carbons (Fsp3) is 1.00. The maximum absolute atomic E-state index is 6.25. The lowest BCUT2D eigenvalue weighted by Gasteiger charge is -2.48. The van der Waals surface area contributed by atoms with E-state index in [9.17, 15) is 0 Å². The van der Waals surface area contributed by atoms with E-state index in [1.807, 2.05) is 0 Å². The third-order valence-electron chi connectivity index (χ3n) is 5.22. The minimum absolute atomic E-state index is 0.200. The minimum Gasteiger partial charge on any atom is -0.369 e. The number of morpholine rings is 1. The third-order valence-corrected chi connectivity index (χ3v) is 5.22. The summed E-state index contributed by atoms with van der Waals surface area (Å²) in [6.45, 7) is 4.33. The molecule has 0 bridgehead atoms. The van der Waals surface area contributed by atoms with Gasteiger partial charge in [-0.05, 0) is 50.9 Å². The van der Waals surface area contributed by atoms with E-state index >= 15 is 0 Å². The van der Waals surface area contributed by atoms with Crippen molar-refractivity contribution in [1.82, 2.24) is 5.32 Å². The van der Waals surface area contributed by atoms with Crippen LogP contribution < -0.4 is 5.32 Å². The molecule has 1 aliphatic heterocycles. The monoisotopic (exact) mass is 223 g/mol. The topological polar surface area (TPSA) is 21.3 Å². The fourth-order valence-electron chi connectivity index (χ4n) is 4.17. The van der Waals surface area contributed by atoms with Gasteiger partial charge in [0.05, 0.1) is 11.7 Å². The summed E-state index contributed by atoms with van der Waals surface area (Å²) in [4.78, 5) is 0. The Bertz CT molecular complexity index is 247. The van der Waals surface area contributed by atoms with Gasteiger partial charge in [0.15, 0.2) is 0 Å². The van der Waals surface area contributed by atoms with E-state index in [-0.39, 0.29) is 5.60 Å². The van der Waals surface area contributed by atoms with Crippen LogP contribution in [0, 0.1) is 5.41 Å². The smallest absolute Gasteiger partial charge is 0.0811 e. The molecule has 3 fully saturated rings. The van der Waals surface area contributed by atoms with Crippen molar-refractivity contribution in [2.45, 2.75) is 70.0 Å². The molecule has 0 aromatic carbocycles. The van der Waals surface area contributed by atoms with E-state index in [4.69, 9.17) is 4.74 Å². The molecule has 0 aromatic heterocycles. The average Bonchev–Trinajstić information content (AvgIpc) is 2.73. The molecule has 1 N–H and O–H groups in total. The average molecular weight is 223 g/mol. The third kappa shape index (κ3) is 1.91. The van der Waals surface area contributed by atoms with E-state index in [0.717, 1.165) is 18.5 Å². The molecular formula is C14H25NO. The van der Waals surface area contributed by atoms with Gasteiger partial charge in [-0.15, -0.1) is 0 Å². The molecular weight excluding hydrogens is 198 g/mol. The summed E-state index contributed by atoms with van der Waals surface area (Å²) < 4.78 is 6.25. The second kappa shape index (κ2) is 3.99. The molecule has 92 valence electrons. The van der Waals surface area contributed by atoms with E-state index in [2.05, 4.69) is 12.2 Å². The zero-order chi connectivity index (χ0) is 11.1. The van der Waals surface area contributed by atoms with Crippen molar-refractivity contribution in [3.63, 3.8) is 0 Å². The molecule has 2 spiro atoms. The molecule has 2 aliphatic carbocycles. The molecule has 3 rings (SSSR count). The normalized spacial score (nSPS) is 36.9. The summed E-state index contributed by atoms with van der Waals surface area (Å²) in [6.07, 6.45) is 11.8. The van der Waals surface area contributed by atoms with Gasteiger partial charge in [-0.25, -0.2) is 0 Å². The van der Waals surface area contributed by atoms with Gasteiger partial charge in [0, 0.05) is 13.1 Å². The summed E-state index contributed by atoms with van der Waals surface area (Å²) in [6, 6.07) is 0. The van der Waals surface area contributed by atoms with Gasteiger partial charge in [0.2, 0.25) is 0 Å². The van der Waals surface area contributed by atoms with Crippen molar-refractivity contribution in [2.75, 3.05) is 13.1 Å². The van der Waals surface area contributed by atoms with Crippen molar-refractivity contribution in [2.24, 2.45) is 5.41 Å². The van der Waals surface area contributed by atoms with Gasteiger partial charge < -0.3 is 10.1 Å². The largest absolute Gasteiger partial charge is 0.369 e. The molecule has 2 nitrogen and oxygen atoms in total. The Kier molecular flexibility index (Phi) is 2.75. The van der Waals surface area contributed by atoms with Crippen molar-refractivity contribution >= 4 is 0 Å². The second-order valence-electron chi connectivity index (χ2n) is 6.45. The van der Waals surface area contributed by atoms with Gasteiger partial charge in [0.25, 0.3) is 0 Å². The van der Waals surface area contributed by atoms with Gasteiger partial charge >= 0.3 is 0 Å². The first-order chi connectivity index (χ1) is 7.72. The van der Waals surface area contributed by atoms with Crippen LogP contribution in [0.4, 0.5) is 0 Å². The fourth-order valence-corrected chi connectivity index (χ4v) is 4.17. The van der Waals surface area contributed by atoms with E-state index in [1.54, 1.807) is 0 Å². The van der Waals surface area contributed by atoms with Crippen LogP contribution in [0.25, 0.3) is 0 Å². The quantitative estimate of drug-likeness (QED) is 0.682. The Hall–Kier alpha value is -0.0800. The number of hydrogen-bond acceptors (Lipinski definition) is 2. The van der Waals surface area contributed by atoms with E-state index < -0.39 is 0 Å². The standard InChI is InChI=1S/C14H25NO/c1-12-10-15-11-14(16-12)8-6-13(7-9-14)4-2-3-5-13/h12,15H,2-11H2,1H3.